The average molecular weight is 297 g/mol. The van der Waals surface area contributed by atoms with E-state index in [9.17, 15) is 0 Å². The predicted molar refractivity (Wildman–Crippen MR) is 84.2 cm³/mol. The fraction of sp³-hybridized carbons (Fsp3) is 0.800. The summed E-state index contributed by atoms with van der Waals surface area (Å²) >= 11 is 1.77. The molecule has 20 heavy (non-hydrogen) atoms. The molecule has 0 bridgehead atoms. The first-order valence-electron chi connectivity index (χ1n) is 7.40. The van der Waals surface area contributed by atoms with Gasteiger partial charge in [0.2, 0.25) is 0 Å². The molecule has 1 fully saturated rings. The van der Waals surface area contributed by atoms with E-state index in [-0.39, 0.29) is 0 Å². The third-order valence-corrected chi connectivity index (χ3v) is 5.10. The van der Waals surface area contributed by atoms with Crippen molar-refractivity contribution in [2.45, 2.75) is 32.9 Å². The summed E-state index contributed by atoms with van der Waals surface area (Å²) in [5.74, 6) is 0.785. The molecule has 1 saturated heterocycles. The highest BCUT2D eigenvalue weighted by molar-refractivity contribution is 7.09. The third-order valence-electron chi connectivity index (χ3n) is 4.18. The van der Waals surface area contributed by atoms with Gasteiger partial charge in [-0.05, 0) is 39.8 Å². The number of thiazole rings is 1. The SMILES string of the molecule is COC[C@@H](C)N1CC[C@H](CN(C)Cc2scnc2C)C1. The molecule has 1 aromatic heterocycles. The number of nitrogens with zero attached hydrogens (tertiary/aromatic N) is 3. The molecule has 0 aliphatic carbocycles. The minimum Gasteiger partial charge on any atom is -0.383 e. The van der Waals surface area contributed by atoms with Gasteiger partial charge in [-0.3, -0.25) is 4.90 Å². The van der Waals surface area contributed by atoms with Crippen molar-refractivity contribution >= 4 is 11.3 Å². The van der Waals surface area contributed by atoms with Crippen molar-refractivity contribution in [3.8, 4) is 0 Å². The zero-order valence-corrected chi connectivity index (χ0v) is 13.9. The quantitative estimate of drug-likeness (QED) is 0.772. The Bertz CT molecular complexity index is 410. The van der Waals surface area contributed by atoms with Gasteiger partial charge in [-0.2, -0.15) is 0 Å². The number of methoxy groups -OCH3 is 1. The Kier molecular flexibility index (Phi) is 5.96. The lowest BCUT2D eigenvalue weighted by atomic mass is 10.1. The van der Waals surface area contributed by atoms with E-state index in [1.807, 2.05) is 5.51 Å². The summed E-state index contributed by atoms with van der Waals surface area (Å²) in [5.41, 5.74) is 3.13. The van der Waals surface area contributed by atoms with Gasteiger partial charge in [0, 0.05) is 37.7 Å². The average Bonchev–Trinajstić information content (AvgIpc) is 3.00. The van der Waals surface area contributed by atoms with Gasteiger partial charge in [0.25, 0.3) is 0 Å². The molecule has 1 aliphatic heterocycles. The molecule has 1 aromatic rings. The van der Waals surface area contributed by atoms with E-state index < -0.39 is 0 Å². The lowest BCUT2D eigenvalue weighted by Gasteiger charge is -2.25. The summed E-state index contributed by atoms with van der Waals surface area (Å²) in [6.45, 7) is 9.82. The molecule has 0 saturated carbocycles. The predicted octanol–water partition coefficient (Wildman–Crippen LogP) is 2.24. The third kappa shape index (κ3) is 4.25. The first-order chi connectivity index (χ1) is 9.60. The Labute approximate surface area is 126 Å². The minimum absolute atomic E-state index is 0.541. The molecule has 2 atom stereocenters. The van der Waals surface area contributed by atoms with Gasteiger partial charge in [-0.15, -0.1) is 11.3 Å². The van der Waals surface area contributed by atoms with Crippen LogP contribution in [0.4, 0.5) is 0 Å². The van der Waals surface area contributed by atoms with Crippen molar-refractivity contribution in [2.75, 3.05) is 40.4 Å². The highest BCUT2D eigenvalue weighted by Gasteiger charge is 2.26. The Morgan fingerprint density at radius 1 is 1.60 bits per heavy atom. The number of aryl methyl sites for hydroxylation is 1. The number of ether oxygens (including phenoxy) is 1. The van der Waals surface area contributed by atoms with Gasteiger partial charge >= 0.3 is 0 Å². The van der Waals surface area contributed by atoms with E-state index in [0.717, 1.165) is 19.1 Å². The van der Waals surface area contributed by atoms with Crippen molar-refractivity contribution in [1.29, 1.82) is 0 Å². The second kappa shape index (κ2) is 7.50. The van der Waals surface area contributed by atoms with E-state index in [1.54, 1.807) is 18.4 Å². The molecule has 0 aromatic carbocycles. The number of likely N-dealkylation sites (tertiary alicyclic amines) is 1. The van der Waals surface area contributed by atoms with Crippen LogP contribution < -0.4 is 0 Å². The second-order valence-corrected chi connectivity index (χ2v) is 6.95. The minimum atomic E-state index is 0.541. The summed E-state index contributed by atoms with van der Waals surface area (Å²) in [6.07, 6.45) is 1.31. The van der Waals surface area contributed by atoms with E-state index in [2.05, 4.69) is 35.7 Å². The molecule has 2 rings (SSSR count). The van der Waals surface area contributed by atoms with Crippen LogP contribution in [0.5, 0.6) is 0 Å². The van der Waals surface area contributed by atoms with Gasteiger partial charge in [0.15, 0.2) is 0 Å². The van der Waals surface area contributed by atoms with Crippen molar-refractivity contribution in [1.82, 2.24) is 14.8 Å². The maximum Gasteiger partial charge on any atom is 0.0798 e. The topological polar surface area (TPSA) is 28.6 Å². The van der Waals surface area contributed by atoms with Gasteiger partial charge in [0.05, 0.1) is 17.8 Å². The summed E-state index contributed by atoms with van der Waals surface area (Å²) in [6, 6.07) is 0.541. The molecule has 0 N–H and O–H groups in total. The van der Waals surface area contributed by atoms with Crippen LogP contribution in [0.15, 0.2) is 5.51 Å². The lowest BCUT2D eigenvalue weighted by molar-refractivity contribution is 0.111. The zero-order valence-electron chi connectivity index (χ0n) is 13.1. The fourth-order valence-electron chi connectivity index (χ4n) is 2.99. The summed E-state index contributed by atoms with van der Waals surface area (Å²) < 4.78 is 5.26. The molecule has 5 heteroatoms. The summed E-state index contributed by atoms with van der Waals surface area (Å²) in [4.78, 5) is 10.7. The number of aromatic nitrogens is 1. The maximum absolute atomic E-state index is 5.26. The van der Waals surface area contributed by atoms with Gasteiger partial charge < -0.3 is 9.64 Å². The largest absolute Gasteiger partial charge is 0.383 e. The Balaban J connectivity index is 1.76. The second-order valence-electron chi connectivity index (χ2n) is 6.01. The van der Waals surface area contributed by atoms with Crippen LogP contribution in [-0.2, 0) is 11.3 Å². The lowest BCUT2D eigenvalue weighted by Crippen LogP contribution is -2.35. The van der Waals surface area contributed by atoms with Crippen LogP contribution in [0, 0.1) is 12.8 Å². The monoisotopic (exact) mass is 297 g/mol. The van der Waals surface area contributed by atoms with Gasteiger partial charge in [-0.1, -0.05) is 0 Å². The van der Waals surface area contributed by atoms with Crippen LogP contribution in [-0.4, -0.2) is 61.2 Å². The Morgan fingerprint density at radius 2 is 2.40 bits per heavy atom. The van der Waals surface area contributed by atoms with Crippen molar-refractivity contribution in [3.05, 3.63) is 16.1 Å². The highest BCUT2D eigenvalue weighted by atomic mass is 32.1. The van der Waals surface area contributed by atoms with Crippen LogP contribution in [0.2, 0.25) is 0 Å². The van der Waals surface area contributed by atoms with Crippen LogP contribution >= 0.6 is 11.3 Å². The standard InChI is InChI=1S/C15H27N3OS/c1-12(10-19-4)18-6-5-14(8-18)7-17(3)9-15-13(2)16-11-20-15/h11-12,14H,5-10H2,1-4H3/t12-,14-/m1/s1. The highest BCUT2D eigenvalue weighted by Crippen LogP contribution is 2.21. The maximum atomic E-state index is 5.26. The van der Waals surface area contributed by atoms with E-state index in [4.69, 9.17) is 4.74 Å². The van der Waals surface area contributed by atoms with Crippen molar-refractivity contribution < 1.29 is 4.74 Å². The van der Waals surface area contributed by atoms with E-state index in [1.165, 1.54) is 36.6 Å². The van der Waals surface area contributed by atoms with E-state index >= 15 is 0 Å². The molecule has 2 heterocycles. The molecular formula is C15H27N3OS. The van der Waals surface area contributed by atoms with Crippen molar-refractivity contribution in [2.24, 2.45) is 5.92 Å². The number of hydrogen-bond acceptors (Lipinski definition) is 5. The molecule has 0 spiro atoms. The molecule has 4 nitrogen and oxygen atoms in total. The van der Waals surface area contributed by atoms with E-state index in [0.29, 0.717) is 6.04 Å². The van der Waals surface area contributed by atoms with Gasteiger partial charge in [-0.25, -0.2) is 4.98 Å². The van der Waals surface area contributed by atoms with Crippen molar-refractivity contribution in [3.63, 3.8) is 0 Å². The van der Waals surface area contributed by atoms with Crippen LogP contribution in [0.1, 0.15) is 23.9 Å². The van der Waals surface area contributed by atoms with Crippen LogP contribution in [0.3, 0.4) is 0 Å². The van der Waals surface area contributed by atoms with Crippen LogP contribution in [0.25, 0.3) is 0 Å². The molecular weight excluding hydrogens is 270 g/mol. The first-order valence-corrected chi connectivity index (χ1v) is 8.28. The Hall–Kier alpha value is -0.490. The number of rotatable bonds is 7. The van der Waals surface area contributed by atoms with Gasteiger partial charge in [0.1, 0.15) is 0 Å². The molecule has 1 aliphatic rings. The smallest absolute Gasteiger partial charge is 0.0798 e. The normalized spacial score (nSPS) is 21.8. The molecule has 0 amide bonds. The zero-order chi connectivity index (χ0) is 14.5. The Morgan fingerprint density at radius 3 is 3.05 bits per heavy atom. The fourth-order valence-corrected chi connectivity index (χ4v) is 3.84. The summed E-state index contributed by atoms with van der Waals surface area (Å²) in [7, 11) is 4.01. The number of hydrogen-bond donors (Lipinski definition) is 0. The molecule has 0 unspecified atom stereocenters. The molecule has 114 valence electrons. The molecule has 0 radical (unpaired) electrons. The first kappa shape index (κ1) is 15.9. The summed E-state index contributed by atoms with van der Waals surface area (Å²) in [5, 5.41) is 0.